The third kappa shape index (κ3) is 5.03. The molecule has 0 aliphatic heterocycles. The van der Waals surface area contributed by atoms with Gasteiger partial charge in [-0.2, -0.15) is 13.2 Å². The Bertz CT molecular complexity index is 993. The highest BCUT2D eigenvalue weighted by Crippen LogP contribution is 2.29. The van der Waals surface area contributed by atoms with Gasteiger partial charge < -0.3 is 10.4 Å². The van der Waals surface area contributed by atoms with E-state index in [4.69, 9.17) is 5.11 Å². The van der Waals surface area contributed by atoms with Gasteiger partial charge in [-0.1, -0.05) is 12.1 Å². The van der Waals surface area contributed by atoms with E-state index in [0.717, 1.165) is 29.0 Å². The van der Waals surface area contributed by atoms with Gasteiger partial charge in [0.05, 0.1) is 0 Å². The highest BCUT2D eigenvalue weighted by Gasteiger charge is 2.32. The molecule has 0 aliphatic rings. The van der Waals surface area contributed by atoms with Crippen molar-refractivity contribution in [2.75, 3.05) is 5.32 Å². The summed E-state index contributed by atoms with van der Waals surface area (Å²) in [7, 11) is 0. The van der Waals surface area contributed by atoms with E-state index in [-0.39, 0.29) is 12.4 Å². The molecule has 0 fully saturated rings. The summed E-state index contributed by atoms with van der Waals surface area (Å²) in [5.41, 5.74) is 1.78. The molecular weight excluding hydrogens is 373 g/mol. The van der Waals surface area contributed by atoms with Gasteiger partial charge in [-0.25, -0.2) is 9.97 Å². The standard InChI is InChI=1S/C19H15F3N4O2/c20-19(21,22)16-6-7-24-18(26-16)25-15-3-1-2-13(9-15)14-8-12(10-23-11-14)4-5-17(27)28/h1-3,6-11H,4-5H2,(H,27,28)(H,24,25,26). The van der Waals surface area contributed by atoms with Crippen molar-refractivity contribution in [1.82, 2.24) is 15.0 Å². The van der Waals surface area contributed by atoms with Crippen molar-refractivity contribution in [2.24, 2.45) is 0 Å². The molecule has 0 amide bonds. The van der Waals surface area contributed by atoms with E-state index < -0.39 is 17.8 Å². The minimum Gasteiger partial charge on any atom is -0.481 e. The minimum absolute atomic E-state index is 0.000384. The zero-order valence-corrected chi connectivity index (χ0v) is 14.4. The first-order valence-corrected chi connectivity index (χ1v) is 8.25. The van der Waals surface area contributed by atoms with E-state index in [9.17, 15) is 18.0 Å². The molecule has 0 atom stereocenters. The van der Waals surface area contributed by atoms with Crippen LogP contribution in [0.2, 0.25) is 0 Å². The van der Waals surface area contributed by atoms with Crippen molar-refractivity contribution in [3.8, 4) is 11.1 Å². The second kappa shape index (κ2) is 8.03. The SMILES string of the molecule is O=C(O)CCc1cncc(-c2cccc(Nc3nccc(C(F)(F)F)n3)c2)c1. The summed E-state index contributed by atoms with van der Waals surface area (Å²) in [5.74, 6) is -1.06. The molecule has 1 aromatic carbocycles. The van der Waals surface area contributed by atoms with Crippen LogP contribution in [0.3, 0.4) is 0 Å². The van der Waals surface area contributed by atoms with Gasteiger partial charge in [0.2, 0.25) is 5.95 Å². The van der Waals surface area contributed by atoms with E-state index >= 15 is 0 Å². The normalized spacial score (nSPS) is 11.2. The van der Waals surface area contributed by atoms with Crippen molar-refractivity contribution in [2.45, 2.75) is 19.0 Å². The fraction of sp³-hybridized carbons (Fsp3) is 0.158. The van der Waals surface area contributed by atoms with Crippen LogP contribution in [0.15, 0.2) is 55.0 Å². The Hall–Kier alpha value is -3.49. The topological polar surface area (TPSA) is 88.0 Å². The Morgan fingerprint density at radius 1 is 1.11 bits per heavy atom. The number of nitrogens with zero attached hydrogens (tertiary/aromatic N) is 3. The lowest BCUT2D eigenvalue weighted by Gasteiger charge is -2.10. The summed E-state index contributed by atoms with van der Waals surface area (Å²) in [5, 5.41) is 11.6. The van der Waals surface area contributed by atoms with E-state index in [2.05, 4.69) is 20.3 Å². The third-order valence-electron chi connectivity index (χ3n) is 3.82. The maximum absolute atomic E-state index is 12.8. The van der Waals surface area contributed by atoms with Gasteiger partial charge in [-0.3, -0.25) is 9.78 Å². The predicted molar refractivity (Wildman–Crippen MR) is 95.9 cm³/mol. The number of aromatic nitrogens is 3. The second-order valence-electron chi connectivity index (χ2n) is 5.94. The van der Waals surface area contributed by atoms with E-state index in [1.165, 1.54) is 0 Å². The number of halogens is 3. The Morgan fingerprint density at radius 3 is 2.68 bits per heavy atom. The van der Waals surface area contributed by atoms with Gasteiger partial charge >= 0.3 is 12.1 Å². The van der Waals surface area contributed by atoms with Gasteiger partial charge in [0.25, 0.3) is 0 Å². The number of pyridine rings is 1. The number of aliphatic carboxylic acids is 1. The lowest BCUT2D eigenvalue weighted by molar-refractivity contribution is -0.141. The molecule has 3 rings (SSSR count). The average Bonchev–Trinajstić information content (AvgIpc) is 2.66. The zero-order valence-electron chi connectivity index (χ0n) is 14.4. The number of anilines is 2. The molecule has 2 aromatic heterocycles. The number of alkyl halides is 3. The Labute approximate surface area is 158 Å². The lowest BCUT2D eigenvalue weighted by atomic mass is 10.0. The third-order valence-corrected chi connectivity index (χ3v) is 3.82. The van der Waals surface area contributed by atoms with Gasteiger partial charge in [-0.15, -0.1) is 0 Å². The number of carboxylic acids is 1. The summed E-state index contributed by atoms with van der Waals surface area (Å²) in [6, 6.07) is 9.58. The molecule has 0 unspecified atom stereocenters. The summed E-state index contributed by atoms with van der Waals surface area (Å²) in [6.45, 7) is 0. The average molecular weight is 388 g/mol. The van der Waals surface area contributed by atoms with Gasteiger partial charge in [0.1, 0.15) is 5.69 Å². The van der Waals surface area contributed by atoms with Crippen LogP contribution in [0, 0.1) is 0 Å². The van der Waals surface area contributed by atoms with E-state index in [0.29, 0.717) is 12.1 Å². The van der Waals surface area contributed by atoms with Crippen molar-refractivity contribution < 1.29 is 23.1 Å². The summed E-state index contributed by atoms with van der Waals surface area (Å²) in [6.07, 6.45) is 0.0715. The molecule has 2 N–H and O–H groups in total. The van der Waals surface area contributed by atoms with Crippen LogP contribution in [-0.2, 0) is 17.4 Å². The molecule has 0 bridgehead atoms. The number of rotatable bonds is 6. The molecular formula is C19H15F3N4O2. The van der Waals surface area contributed by atoms with E-state index in [1.807, 2.05) is 12.1 Å². The smallest absolute Gasteiger partial charge is 0.433 e. The van der Waals surface area contributed by atoms with Crippen molar-refractivity contribution >= 4 is 17.6 Å². The Morgan fingerprint density at radius 2 is 1.93 bits per heavy atom. The Kier molecular flexibility index (Phi) is 5.53. The number of hydrogen-bond acceptors (Lipinski definition) is 5. The summed E-state index contributed by atoms with van der Waals surface area (Å²) >= 11 is 0. The van der Waals surface area contributed by atoms with Crippen LogP contribution < -0.4 is 5.32 Å². The molecule has 3 aromatic rings. The number of hydrogen-bond donors (Lipinski definition) is 2. The monoisotopic (exact) mass is 388 g/mol. The molecule has 0 saturated carbocycles. The lowest BCUT2D eigenvalue weighted by Crippen LogP contribution is -2.10. The molecule has 0 radical (unpaired) electrons. The number of benzene rings is 1. The number of carboxylic acid groups (broad SMARTS) is 1. The molecule has 144 valence electrons. The van der Waals surface area contributed by atoms with Crippen LogP contribution in [0.1, 0.15) is 17.7 Å². The maximum atomic E-state index is 12.8. The fourth-order valence-electron chi connectivity index (χ4n) is 2.52. The van der Waals surface area contributed by atoms with Crippen molar-refractivity contribution in [1.29, 1.82) is 0 Å². The maximum Gasteiger partial charge on any atom is 0.433 e. The fourth-order valence-corrected chi connectivity index (χ4v) is 2.52. The zero-order chi connectivity index (χ0) is 20.1. The van der Waals surface area contributed by atoms with Gasteiger partial charge in [-0.05, 0) is 41.8 Å². The quantitative estimate of drug-likeness (QED) is 0.654. The van der Waals surface area contributed by atoms with Gasteiger partial charge in [0.15, 0.2) is 0 Å². The number of aryl methyl sites for hydroxylation is 1. The molecule has 2 heterocycles. The van der Waals surface area contributed by atoms with Crippen molar-refractivity contribution in [3.05, 3.63) is 66.2 Å². The molecule has 0 spiro atoms. The van der Waals surface area contributed by atoms with Crippen LogP contribution >= 0.6 is 0 Å². The van der Waals surface area contributed by atoms with Crippen LogP contribution in [0.5, 0.6) is 0 Å². The Balaban J connectivity index is 1.81. The molecule has 28 heavy (non-hydrogen) atoms. The molecule has 9 heteroatoms. The second-order valence-corrected chi connectivity index (χ2v) is 5.94. The van der Waals surface area contributed by atoms with Crippen molar-refractivity contribution in [3.63, 3.8) is 0 Å². The highest BCUT2D eigenvalue weighted by molar-refractivity contribution is 5.70. The molecule has 0 aliphatic carbocycles. The van der Waals surface area contributed by atoms with Crippen LogP contribution in [0.25, 0.3) is 11.1 Å². The predicted octanol–water partition coefficient (Wildman–Crippen LogP) is 4.32. The summed E-state index contributed by atoms with van der Waals surface area (Å²) < 4.78 is 38.3. The summed E-state index contributed by atoms with van der Waals surface area (Å²) in [4.78, 5) is 22.1. The first kappa shape index (κ1) is 19.3. The number of nitrogens with one attached hydrogen (secondary N) is 1. The first-order chi connectivity index (χ1) is 13.3. The first-order valence-electron chi connectivity index (χ1n) is 8.25. The highest BCUT2D eigenvalue weighted by atomic mass is 19.4. The van der Waals surface area contributed by atoms with E-state index in [1.54, 1.807) is 30.6 Å². The van der Waals surface area contributed by atoms with Crippen LogP contribution in [0.4, 0.5) is 24.8 Å². The number of carbonyl (C=O) groups is 1. The molecule has 6 nitrogen and oxygen atoms in total. The van der Waals surface area contributed by atoms with Crippen LogP contribution in [-0.4, -0.2) is 26.0 Å². The largest absolute Gasteiger partial charge is 0.481 e. The molecule has 0 saturated heterocycles. The van der Waals surface area contributed by atoms with Gasteiger partial charge in [0, 0.05) is 36.3 Å². The minimum atomic E-state index is -4.55.